The van der Waals surface area contributed by atoms with E-state index in [1.54, 1.807) is 6.07 Å². The number of piperidine rings is 1. The first-order chi connectivity index (χ1) is 23.4. The zero-order chi connectivity index (χ0) is 33.3. The summed E-state index contributed by atoms with van der Waals surface area (Å²) >= 11 is 0. The fourth-order valence-corrected chi connectivity index (χ4v) is 10.5. The number of carbonyl (C=O) groups is 2. The van der Waals surface area contributed by atoms with Crippen molar-refractivity contribution >= 4 is 11.9 Å². The molecule has 2 bridgehead atoms. The zero-order valence-corrected chi connectivity index (χ0v) is 28.8. The summed E-state index contributed by atoms with van der Waals surface area (Å²) in [6.07, 6.45) is 17.7. The molecule has 2 aromatic carbocycles. The van der Waals surface area contributed by atoms with E-state index in [-0.39, 0.29) is 35.3 Å². The monoisotopic (exact) mass is 654 g/mol. The lowest BCUT2D eigenvalue weighted by molar-refractivity contribution is -0.142. The van der Waals surface area contributed by atoms with Crippen LogP contribution in [0.4, 0.5) is 0 Å². The third-order valence-electron chi connectivity index (χ3n) is 12.5. The van der Waals surface area contributed by atoms with Crippen molar-refractivity contribution in [1.29, 1.82) is 0 Å². The Bertz CT molecular complexity index is 1490. The number of phenols is 1. The fourth-order valence-electron chi connectivity index (χ4n) is 10.5. The highest BCUT2D eigenvalue weighted by atomic mass is 16.6. The number of carbonyl (C=O) groups excluding carboxylic acids is 2. The first-order valence-corrected chi connectivity index (χ1v) is 18.8. The van der Waals surface area contributed by atoms with Crippen molar-refractivity contribution in [3.05, 3.63) is 65.7 Å². The number of nitrogens with zero attached hydrogens (tertiary/aromatic N) is 2. The second kappa shape index (κ2) is 14.3. The van der Waals surface area contributed by atoms with Gasteiger partial charge in [-0.2, -0.15) is 0 Å². The number of aromatic hydroxyl groups is 1. The van der Waals surface area contributed by atoms with Crippen LogP contribution in [0.25, 0.3) is 0 Å². The molecule has 1 amide bonds. The summed E-state index contributed by atoms with van der Waals surface area (Å²) in [5.74, 6) is 2.05. The van der Waals surface area contributed by atoms with E-state index in [1.807, 2.05) is 12.1 Å². The van der Waals surface area contributed by atoms with Gasteiger partial charge in [-0.15, -0.1) is 6.58 Å². The maximum atomic E-state index is 14.4. The van der Waals surface area contributed by atoms with Crippen molar-refractivity contribution in [1.82, 2.24) is 9.80 Å². The van der Waals surface area contributed by atoms with Crippen molar-refractivity contribution in [2.24, 2.45) is 11.8 Å². The molecule has 7 heteroatoms. The molecule has 0 aromatic heterocycles. The number of ether oxygens (including phenoxy) is 2. The highest BCUT2D eigenvalue weighted by Crippen LogP contribution is 2.65. The summed E-state index contributed by atoms with van der Waals surface area (Å²) < 4.78 is 12.7. The molecule has 0 radical (unpaired) electrons. The van der Waals surface area contributed by atoms with Gasteiger partial charge in [0.25, 0.3) is 0 Å². The second-order valence-corrected chi connectivity index (χ2v) is 15.2. The summed E-state index contributed by atoms with van der Waals surface area (Å²) in [4.78, 5) is 31.3. The lowest BCUT2D eigenvalue weighted by Crippen LogP contribution is -2.69. The van der Waals surface area contributed by atoms with Crippen LogP contribution in [0.5, 0.6) is 17.2 Å². The molecule has 3 aliphatic carbocycles. The third-order valence-corrected chi connectivity index (χ3v) is 12.5. The first-order valence-electron chi connectivity index (χ1n) is 18.8. The molecule has 3 fully saturated rings. The van der Waals surface area contributed by atoms with E-state index in [0.29, 0.717) is 30.4 Å². The maximum absolute atomic E-state index is 14.4. The SMILES string of the molecule is C=CCN1CC[C@]23c4c5c(O)cc(OC(C)=O)c4O[C@H]2[C@H](N(CCCc2ccccc2)C(=O)CCCCC2CCCCC2)CC[C@H]3[C@H]1C5. The van der Waals surface area contributed by atoms with Crippen molar-refractivity contribution in [2.75, 3.05) is 19.6 Å². The lowest BCUT2D eigenvalue weighted by atomic mass is 9.50. The van der Waals surface area contributed by atoms with E-state index in [1.165, 1.54) is 51.0 Å². The average Bonchev–Trinajstić information content (AvgIpc) is 3.43. The van der Waals surface area contributed by atoms with Gasteiger partial charge in [0.1, 0.15) is 11.9 Å². The van der Waals surface area contributed by atoms with Crippen molar-refractivity contribution < 1.29 is 24.2 Å². The molecule has 1 spiro atoms. The van der Waals surface area contributed by atoms with Crippen LogP contribution in [-0.2, 0) is 27.8 Å². The summed E-state index contributed by atoms with van der Waals surface area (Å²) in [7, 11) is 0. The van der Waals surface area contributed by atoms with Gasteiger partial charge < -0.3 is 19.5 Å². The molecule has 2 aromatic rings. The molecule has 258 valence electrons. The van der Waals surface area contributed by atoms with Crippen LogP contribution in [0, 0.1) is 11.8 Å². The average molecular weight is 655 g/mol. The first kappa shape index (κ1) is 33.2. The minimum Gasteiger partial charge on any atom is -0.508 e. The van der Waals surface area contributed by atoms with E-state index in [0.717, 1.165) is 81.5 Å². The number of aryl methyl sites for hydroxylation is 1. The highest BCUT2D eigenvalue weighted by Gasteiger charge is 2.67. The standard InChI is InChI=1S/C41H54N2O5/c1-3-23-42-25-22-41-32-20-21-33(40(41)48-39-36(47-28(2)44)27-35(45)31(38(39)41)26-34(32)42)43(24-12-18-30-15-8-5-9-16-30)37(46)19-11-10-17-29-13-6-4-7-14-29/h3,5,8-9,15-16,27,29,32-34,40,45H,1,4,6-7,10-14,17-26H2,2H3/t32-,33+,34+,40-,41-/m0/s1. The molecular formula is C41H54N2O5. The Labute approximate surface area is 286 Å². The number of likely N-dealkylation sites (tertiary alicyclic amines) is 1. The van der Waals surface area contributed by atoms with Crippen LogP contribution in [0.15, 0.2) is 49.1 Å². The summed E-state index contributed by atoms with van der Waals surface area (Å²) in [5.41, 5.74) is 2.90. The van der Waals surface area contributed by atoms with E-state index in [2.05, 4.69) is 40.6 Å². The molecule has 2 saturated carbocycles. The normalized spacial score (nSPS) is 27.5. The summed E-state index contributed by atoms with van der Waals surface area (Å²) in [6, 6.07) is 12.3. The number of rotatable bonds is 13. The number of esters is 1. The molecular weight excluding hydrogens is 600 g/mol. The zero-order valence-electron chi connectivity index (χ0n) is 28.8. The molecule has 7 rings (SSSR count). The quantitative estimate of drug-likeness (QED) is 0.104. The van der Waals surface area contributed by atoms with Gasteiger partial charge >= 0.3 is 5.97 Å². The Morgan fingerprint density at radius 3 is 2.69 bits per heavy atom. The number of hydrogen-bond acceptors (Lipinski definition) is 6. The molecule has 7 nitrogen and oxygen atoms in total. The maximum Gasteiger partial charge on any atom is 0.308 e. The topological polar surface area (TPSA) is 79.3 Å². The van der Waals surface area contributed by atoms with Crippen LogP contribution in [0.2, 0.25) is 0 Å². The minimum atomic E-state index is -0.435. The lowest BCUT2D eigenvalue weighted by Gasteiger charge is -2.60. The number of hydrogen-bond donors (Lipinski definition) is 1. The molecule has 2 aliphatic heterocycles. The summed E-state index contributed by atoms with van der Waals surface area (Å²) in [5, 5.41) is 11.4. The number of amides is 1. The Morgan fingerprint density at radius 2 is 1.92 bits per heavy atom. The molecule has 5 aliphatic rings. The number of benzene rings is 2. The van der Waals surface area contributed by atoms with E-state index in [9.17, 15) is 14.7 Å². The second-order valence-electron chi connectivity index (χ2n) is 15.2. The van der Waals surface area contributed by atoms with Gasteiger partial charge in [0.05, 0.1) is 6.04 Å². The molecule has 1 saturated heterocycles. The third kappa shape index (κ3) is 6.16. The molecule has 48 heavy (non-hydrogen) atoms. The minimum absolute atomic E-state index is 0.0832. The van der Waals surface area contributed by atoms with Crippen molar-refractivity contribution in [2.45, 2.75) is 127 Å². The van der Waals surface area contributed by atoms with Gasteiger partial charge in [0.2, 0.25) is 5.91 Å². The van der Waals surface area contributed by atoms with Crippen molar-refractivity contribution in [3.63, 3.8) is 0 Å². The largest absolute Gasteiger partial charge is 0.508 e. The van der Waals surface area contributed by atoms with Gasteiger partial charge in [0.15, 0.2) is 11.5 Å². The number of unbranched alkanes of at least 4 members (excludes halogenated alkanes) is 1. The van der Waals surface area contributed by atoms with Gasteiger partial charge in [-0.1, -0.05) is 81.4 Å². The predicted molar refractivity (Wildman–Crippen MR) is 187 cm³/mol. The van der Waals surface area contributed by atoms with Crippen LogP contribution in [0.1, 0.15) is 107 Å². The van der Waals surface area contributed by atoms with E-state index < -0.39 is 5.97 Å². The van der Waals surface area contributed by atoms with Crippen LogP contribution < -0.4 is 9.47 Å². The Morgan fingerprint density at radius 1 is 1.10 bits per heavy atom. The van der Waals surface area contributed by atoms with Gasteiger partial charge in [-0.25, -0.2) is 0 Å². The van der Waals surface area contributed by atoms with Crippen LogP contribution in [0.3, 0.4) is 0 Å². The molecule has 2 heterocycles. The smallest absolute Gasteiger partial charge is 0.308 e. The Hall–Kier alpha value is -3.32. The fraction of sp³-hybridized carbons (Fsp3) is 0.610. The van der Waals surface area contributed by atoms with Crippen LogP contribution >= 0.6 is 0 Å². The van der Waals surface area contributed by atoms with Crippen molar-refractivity contribution in [3.8, 4) is 17.2 Å². The summed E-state index contributed by atoms with van der Waals surface area (Å²) in [6.45, 7) is 7.84. The van der Waals surface area contributed by atoms with Gasteiger partial charge in [0, 0.05) is 55.1 Å². The predicted octanol–water partition coefficient (Wildman–Crippen LogP) is 7.51. The van der Waals surface area contributed by atoms with Gasteiger partial charge in [-0.3, -0.25) is 14.5 Å². The van der Waals surface area contributed by atoms with E-state index in [4.69, 9.17) is 9.47 Å². The van der Waals surface area contributed by atoms with E-state index >= 15 is 0 Å². The molecule has 5 atom stereocenters. The van der Waals surface area contributed by atoms with Crippen LogP contribution in [-0.4, -0.2) is 64.6 Å². The Kier molecular flexibility index (Phi) is 9.86. The Balaban J connectivity index is 1.19. The van der Waals surface area contributed by atoms with Gasteiger partial charge in [-0.05, 0) is 68.9 Å². The number of phenolic OH excluding ortho intramolecular Hbond substituents is 1. The highest BCUT2D eigenvalue weighted by molar-refractivity contribution is 5.77. The molecule has 1 N–H and O–H groups in total. The molecule has 0 unspecified atom stereocenters.